The maximum Gasteiger partial charge on any atom is 0.295 e. The number of halogens is 1. The molecule has 0 radical (unpaired) electrons. The molecule has 9 nitrogen and oxygen atoms in total. The Labute approximate surface area is 204 Å². The Balaban J connectivity index is 1.86. The van der Waals surface area contributed by atoms with E-state index >= 15 is 0 Å². The van der Waals surface area contributed by atoms with Crippen molar-refractivity contribution < 1.29 is 38.7 Å². The van der Waals surface area contributed by atoms with Crippen LogP contribution in [0.2, 0.25) is 0 Å². The molecule has 180 valence electrons. The van der Waals surface area contributed by atoms with Gasteiger partial charge in [-0.05, 0) is 58.2 Å². The molecule has 0 spiro atoms. The number of hydrogen-bond acceptors (Lipinski definition) is 8. The molecule has 1 saturated heterocycles. The molecule has 0 saturated carbocycles. The molecular formula is C24H24BrNO8. The number of aliphatic hydroxyl groups excluding tert-OH is 1. The van der Waals surface area contributed by atoms with Crippen molar-refractivity contribution in [3.8, 4) is 23.0 Å². The number of phenols is 1. The molecule has 10 heteroatoms. The zero-order valence-electron chi connectivity index (χ0n) is 18.7. The quantitative estimate of drug-likeness (QED) is 0.241. The van der Waals surface area contributed by atoms with E-state index in [0.29, 0.717) is 53.3 Å². The SMILES string of the molecule is COCCCN1C(=O)C(=O)C(=C(O)c2ccc3c(c2)OCCO3)[C@@H]1c1cc(Br)c(O)c(OC)c1. The van der Waals surface area contributed by atoms with Crippen molar-refractivity contribution in [1.82, 2.24) is 4.90 Å². The molecule has 0 bridgehead atoms. The van der Waals surface area contributed by atoms with Crippen LogP contribution in [0.15, 0.2) is 40.4 Å². The minimum absolute atomic E-state index is 0.0706. The summed E-state index contributed by atoms with van der Waals surface area (Å²) in [5.41, 5.74) is 0.727. The Bertz CT molecular complexity index is 1160. The largest absolute Gasteiger partial charge is 0.507 e. The highest BCUT2D eigenvalue weighted by Gasteiger charge is 2.46. The number of aliphatic hydroxyl groups is 1. The zero-order chi connectivity index (χ0) is 24.4. The van der Waals surface area contributed by atoms with Crippen LogP contribution in [0.4, 0.5) is 0 Å². The number of ketones is 1. The number of nitrogens with zero attached hydrogens (tertiary/aromatic N) is 1. The molecule has 34 heavy (non-hydrogen) atoms. The normalized spacial score (nSPS) is 18.9. The predicted octanol–water partition coefficient (Wildman–Crippen LogP) is 3.39. The predicted molar refractivity (Wildman–Crippen MR) is 125 cm³/mol. The Morgan fingerprint density at radius 3 is 2.59 bits per heavy atom. The average molecular weight is 534 g/mol. The van der Waals surface area contributed by atoms with Crippen molar-refractivity contribution in [1.29, 1.82) is 0 Å². The van der Waals surface area contributed by atoms with Crippen molar-refractivity contribution in [2.75, 3.05) is 40.6 Å². The molecule has 0 unspecified atom stereocenters. The lowest BCUT2D eigenvalue weighted by molar-refractivity contribution is -0.140. The molecule has 1 amide bonds. The summed E-state index contributed by atoms with van der Waals surface area (Å²) in [6.45, 7) is 1.40. The molecule has 4 rings (SSSR count). The van der Waals surface area contributed by atoms with Gasteiger partial charge in [0.1, 0.15) is 19.0 Å². The smallest absolute Gasteiger partial charge is 0.295 e. The first-order valence-electron chi connectivity index (χ1n) is 10.6. The fourth-order valence-corrected chi connectivity index (χ4v) is 4.55. The Morgan fingerprint density at radius 1 is 1.15 bits per heavy atom. The third-order valence-electron chi connectivity index (χ3n) is 5.69. The minimum atomic E-state index is -0.907. The molecule has 2 aromatic carbocycles. The number of ether oxygens (including phenoxy) is 4. The van der Waals surface area contributed by atoms with E-state index in [-0.39, 0.29) is 29.4 Å². The van der Waals surface area contributed by atoms with E-state index in [1.807, 2.05) is 0 Å². The molecule has 2 aliphatic rings. The maximum atomic E-state index is 13.2. The molecular weight excluding hydrogens is 510 g/mol. The zero-order valence-corrected chi connectivity index (χ0v) is 20.3. The van der Waals surface area contributed by atoms with Gasteiger partial charge in [-0.15, -0.1) is 0 Å². The van der Waals surface area contributed by atoms with Crippen LogP contribution in [0.1, 0.15) is 23.6 Å². The van der Waals surface area contributed by atoms with Gasteiger partial charge in [0.25, 0.3) is 11.7 Å². The number of carbonyl (C=O) groups excluding carboxylic acids is 2. The molecule has 1 fully saturated rings. The van der Waals surface area contributed by atoms with Crippen LogP contribution in [0.3, 0.4) is 0 Å². The van der Waals surface area contributed by atoms with Crippen LogP contribution >= 0.6 is 15.9 Å². The third-order valence-corrected chi connectivity index (χ3v) is 6.29. The van der Waals surface area contributed by atoms with E-state index in [1.54, 1.807) is 31.4 Å². The summed E-state index contributed by atoms with van der Waals surface area (Å²) in [4.78, 5) is 27.6. The fraction of sp³-hybridized carbons (Fsp3) is 0.333. The van der Waals surface area contributed by atoms with Crippen molar-refractivity contribution in [2.24, 2.45) is 0 Å². The summed E-state index contributed by atoms with van der Waals surface area (Å²) in [5.74, 6) is -0.860. The number of methoxy groups -OCH3 is 2. The molecule has 2 heterocycles. The van der Waals surface area contributed by atoms with Gasteiger partial charge in [-0.25, -0.2) is 0 Å². The first-order valence-corrected chi connectivity index (χ1v) is 11.4. The third kappa shape index (κ3) is 4.30. The summed E-state index contributed by atoms with van der Waals surface area (Å²) in [5, 5.41) is 21.5. The minimum Gasteiger partial charge on any atom is -0.507 e. The number of phenolic OH excluding ortho intramolecular Hbond substituents is 1. The van der Waals surface area contributed by atoms with Crippen molar-refractivity contribution in [3.63, 3.8) is 0 Å². The van der Waals surface area contributed by atoms with Gasteiger partial charge in [0.05, 0.1) is 23.2 Å². The molecule has 0 aliphatic carbocycles. The van der Waals surface area contributed by atoms with Crippen molar-refractivity contribution in [2.45, 2.75) is 12.5 Å². The summed E-state index contributed by atoms with van der Waals surface area (Å²) in [6.07, 6.45) is 0.487. The van der Waals surface area contributed by atoms with E-state index in [9.17, 15) is 19.8 Å². The van der Waals surface area contributed by atoms with E-state index in [1.165, 1.54) is 18.1 Å². The summed E-state index contributed by atoms with van der Waals surface area (Å²) in [6, 6.07) is 7.05. The molecule has 1 atom stereocenters. The van der Waals surface area contributed by atoms with Gasteiger partial charge in [0.15, 0.2) is 23.0 Å². The van der Waals surface area contributed by atoms with Gasteiger partial charge < -0.3 is 34.1 Å². The standard InChI is InChI=1S/C24H24BrNO8/c1-31-7-3-6-26-20(14-10-15(25)22(28)18(12-14)32-2)19(23(29)24(26)30)21(27)13-4-5-16-17(11-13)34-9-8-33-16/h4-5,10-12,20,27-28H,3,6-9H2,1-2H3/t20-/m0/s1. The van der Waals surface area contributed by atoms with E-state index < -0.39 is 17.7 Å². The Hall–Kier alpha value is -3.24. The number of benzene rings is 2. The first-order chi connectivity index (χ1) is 16.4. The average Bonchev–Trinajstić information content (AvgIpc) is 3.10. The lowest BCUT2D eigenvalue weighted by atomic mass is 9.94. The van der Waals surface area contributed by atoms with Crippen molar-refractivity contribution in [3.05, 3.63) is 51.5 Å². The van der Waals surface area contributed by atoms with E-state index in [0.717, 1.165) is 0 Å². The van der Waals surface area contributed by atoms with Crippen LogP contribution in [0.5, 0.6) is 23.0 Å². The summed E-state index contributed by atoms with van der Waals surface area (Å²) < 4.78 is 21.8. The highest BCUT2D eigenvalue weighted by atomic mass is 79.9. The molecule has 2 aromatic rings. The number of aromatic hydroxyl groups is 1. The van der Waals surface area contributed by atoms with Gasteiger partial charge in [-0.2, -0.15) is 0 Å². The number of carbonyl (C=O) groups is 2. The number of rotatable bonds is 7. The Kier molecular flexibility index (Phi) is 6.99. The molecule has 2 N–H and O–H groups in total. The number of likely N-dealkylation sites (tertiary alicyclic amines) is 1. The topological polar surface area (TPSA) is 115 Å². The lowest BCUT2D eigenvalue weighted by Crippen LogP contribution is -2.31. The second-order valence-electron chi connectivity index (χ2n) is 7.75. The molecule has 0 aromatic heterocycles. The highest BCUT2D eigenvalue weighted by Crippen LogP contribution is 2.45. The number of Topliss-reactive ketones (excluding diaryl/α,β-unsaturated/α-hetero) is 1. The van der Waals surface area contributed by atoms with Gasteiger partial charge in [0.2, 0.25) is 0 Å². The Morgan fingerprint density at radius 2 is 1.88 bits per heavy atom. The number of hydrogen-bond donors (Lipinski definition) is 2. The highest BCUT2D eigenvalue weighted by molar-refractivity contribution is 9.10. The van der Waals surface area contributed by atoms with Gasteiger partial charge >= 0.3 is 0 Å². The second-order valence-corrected chi connectivity index (χ2v) is 8.61. The van der Waals surface area contributed by atoms with Crippen LogP contribution in [-0.4, -0.2) is 67.4 Å². The van der Waals surface area contributed by atoms with Gasteiger partial charge in [-0.1, -0.05) is 0 Å². The first kappa shape index (κ1) is 23.9. The van der Waals surface area contributed by atoms with Crippen LogP contribution in [0, 0.1) is 0 Å². The number of fused-ring (bicyclic) bond motifs is 1. The number of amides is 1. The summed E-state index contributed by atoms with van der Waals surface area (Å²) in [7, 11) is 2.95. The lowest BCUT2D eigenvalue weighted by Gasteiger charge is -2.26. The van der Waals surface area contributed by atoms with Gasteiger partial charge in [0, 0.05) is 25.8 Å². The van der Waals surface area contributed by atoms with Crippen LogP contribution in [-0.2, 0) is 14.3 Å². The second kappa shape index (κ2) is 9.94. The van der Waals surface area contributed by atoms with Gasteiger partial charge in [-0.3, -0.25) is 9.59 Å². The molecule has 2 aliphatic heterocycles. The summed E-state index contributed by atoms with van der Waals surface area (Å²) >= 11 is 3.29. The monoisotopic (exact) mass is 533 g/mol. The van der Waals surface area contributed by atoms with Crippen LogP contribution < -0.4 is 14.2 Å². The maximum absolute atomic E-state index is 13.2. The fourth-order valence-electron chi connectivity index (χ4n) is 4.09. The van der Waals surface area contributed by atoms with Crippen LogP contribution in [0.25, 0.3) is 5.76 Å². The van der Waals surface area contributed by atoms with E-state index in [4.69, 9.17) is 18.9 Å². The van der Waals surface area contributed by atoms with Crippen molar-refractivity contribution >= 4 is 33.4 Å². The van der Waals surface area contributed by atoms with E-state index in [2.05, 4.69) is 15.9 Å².